The van der Waals surface area contributed by atoms with E-state index < -0.39 is 0 Å². The highest BCUT2D eigenvalue weighted by Gasteiger charge is 2.23. The molecular weight excluding hydrogens is 202 g/mol. The topological polar surface area (TPSA) is 44.4 Å². The van der Waals surface area contributed by atoms with Crippen LogP contribution in [0.2, 0.25) is 0 Å². The van der Waals surface area contributed by atoms with Gasteiger partial charge in [-0.05, 0) is 13.8 Å². The Morgan fingerprint density at radius 2 is 2.12 bits per heavy atom. The minimum atomic E-state index is -0.0673. The van der Waals surface area contributed by atoms with Gasteiger partial charge in [0.1, 0.15) is 0 Å². The lowest BCUT2D eigenvalue weighted by atomic mass is 10.2. The summed E-state index contributed by atoms with van der Waals surface area (Å²) in [4.78, 5) is 14.1. The van der Waals surface area contributed by atoms with Crippen molar-refractivity contribution in [3.05, 3.63) is 0 Å². The Balaban J connectivity index is 2.37. The molecule has 1 amide bonds. The fourth-order valence-corrected chi connectivity index (χ4v) is 1.83. The molecule has 1 fully saturated rings. The van der Waals surface area contributed by atoms with Crippen LogP contribution in [0.1, 0.15) is 20.3 Å². The maximum atomic E-state index is 11.9. The summed E-state index contributed by atoms with van der Waals surface area (Å²) in [5.41, 5.74) is 0. The zero-order valence-electron chi connectivity index (χ0n) is 10.1. The Hall–Kier alpha value is -1.05. The van der Waals surface area contributed by atoms with Gasteiger partial charge in [-0.25, -0.2) is 0 Å². The second kappa shape index (κ2) is 6.51. The van der Waals surface area contributed by atoms with Gasteiger partial charge in [0, 0.05) is 38.6 Å². The summed E-state index contributed by atoms with van der Waals surface area (Å²) in [6, 6.07) is -0.00908. The highest BCUT2D eigenvalue weighted by atomic mass is 16.2. The minimum Gasteiger partial charge on any atom is -0.351 e. The van der Waals surface area contributed by atoms with E-state index in [0.717, 1.165) is 26.2 Å². The largest absolute Gasteiger partial charge is 0.351 e. The SMILES string of the molecule is C#CCC(C)NC(=O)C(C)N1CCNCC1. The third-order valence-corrected chi connectivity index (χ3v) is 2.89. The molecule has 2 N–H and O–H groups in total. The van der Waals surface area contributed by atoms with Crippen molar-refractivity contribution in [2.24, 2.45) is 0 Å². The first-order valence-corrected chi connectivity index (χ1v) is 5.83. The van der Waals surface area contributed by atoms with Crippen molar-refractivity contribution in [1.82, 2.24) is 15.5 Å². The number of hydrogen-bond donors (Lipinski definition) is 2. The van der Waals surface area contributed by atoms with E-state index in [0.29, 0.717) is 6.42 Å². The number of hydrogen-bond acceptors (Lipinski definition) is 3. The van der Waals surface area contributed by atoms with Crippen LogP contribution in [0.15, 0.2) is 0 Å². The summed E-state index contributed by atoms with van der Waals surface area (Å²) < 4.78 is 0. The molecule has 0 aromatic carbocycles. The summed E-state index contributed by atoms with van der Waals surface area (Å²) in [6.45, 7) is 7.65. The summed E-state index contributed by atoms with van der Waals surface area (Å²) >= 11 is 0. The van der Waals surface area contributed by atoms with Gasteiger partial charge in [-0.3, -0.25) is 9.69 Å². The molecule has 2 unspecified atom stereocenters. The van der Waals surface area contributed by atoms with Crippen LogP contribution in [0.25, 0.3) is 0 Å². The summed E-state index contributed by atoms with van der Waals surface area (Å²) in [6.07, 6.45) is 5.79. The molecule has 1 rings (SSSR count). The molecular formula is C12H21N3O. The molecule has 16 heavy (non-hydrogen) atoms. The predicted octanol–water partition coefficient (Wildman–Crippen LogP) is -0.192. The zero-order valence-corrected chi connectivity index (χ0v) is 10.1. The van der Waals surface area contributed by atoms with Crippen molar-refractivity contribution in [2.75, 3.05) is 26.2 Å². The third kappa shape index (κ3) is 3.84. The number of carbonyl (C=O) groups excluding carboxylic acids is 1. The molecule has 0 aromatic heterocycles. The first-order valence-electron chi connectivity index (χ1n) is 5.83. The molecule has 0 radical (unpaired) electrons. The lowest BCUT2D eigenvalue weighted by Crippen LogP contribution is -2.53. The van der Waals surface area contributed by atoms with Gasteiger partial charge >= 0.3 is 0 Å². The van der Waals surface area contributed by atoms with Crippen molar-refractivity contribution in [3.8, 4) is 12.3 Å². The van der Waals surface area contributed by atoms with Crippen LogP contribution in [-0.2, 0) is 4.79 Å². The lowest BCUT2D eigenvalue weighted by molar-refractivity contribution is -0.126. The van der Waals surface area contributed by atoms with Crippen LogP contribution < -0.4 is 10.6 Å². The Kier molecular flexibility index (Phi) is 5.30. The average Bonchev–Trinajstić information content (AvgIpc) is 2.29. The molecule has 4 nitrogen and oxygen atoms in total. The Bertz CT molecular complexity index is 266. The van der Waals surface area contributed by atoms with Crippen molar-refractivity contribution in [2.45, 2.75) is 32.4 Å². The predicted molar refractivity (Wildman–Crippen MR) is 65.0 cm³/mol. The molecule has 0 aromatic rings. The van der Waals surface area contributed by atoms with Gasteiger partial charge in [0.05, 0.1) is 6.04 Å². The van der Waals surface area contributed by atoms with Crippen LogP contribution in [0.4, 0.5) is 0 Å². The smallest absolute Gasteiger partial charge is 0.237 e. The molecule has 0 aliphatic carbocycles. The van der Waals surface area contributed by atoms with Gasteiger partial charge in [-0.1, -0.05) is 0 Å². The number of amides is 1. The van der Waals surface area contributed by atoms with E-state index in [1.54, 1.807) is 0 Å². The maximum Gasteiger partial charge on any atom is 0.237 e. The van der Waals surface area contributed by atoms with E-state index in [2.05, 4.69) is 21.5 Å². The van der Waals surface area contributed by atoms with Gasteiger partial charge in [-0.15, -0.1) is 12.3 Å². The fraction of sp³-hybridized carbons (Fsp3) is 0.750. The minimum absolute atomic E-state index is 0.0582. The second-order valence-electron chi connectivity index (χ2n) is 4.28. The fourth-order valence-electron chi connectivity index (χ4n) is 1.83. The molecule has 0 saturated carbocycles. The lowest BCUT2D eigenvalue weighted by Gasteiger charge is -2.32. The monoisotopic (exact) mass is 223 g/mol. The number of rotatable bonds is 4. The van der Waals surface area contributed by atoms with Crippen LogP contribution in [0, 0.1) is 12.3 Å². The second-order valence-corrected chi connectivity index (χ2v) is 4.28. The Labute approximate surface area is 97.8 Å². The molecule has 4 heteroatoms. The highest BCUT2D eigenvalue weighted by Crippen LogP contribution is 2.02. The van der Waals surface area contributed by atoms with E-state index in [4.69, 9.17) is 6.42 Å². The van der Waals surface area contributed by atoms with Crippen LogP contribution in [0.3, 0.4) is 0 Å². The third-order valence-electron chi connectivity index (χ3n) is 2.89. The number of nitrogens with zero attached hydrogens (tertiary/aromatic N) is 1. The van der Waals surface area contributed by atoms with Gasteiger partial charge in [0.15, 0.2) is 0 Å². The molecule has 1 aliphatic rings. The van der Waals surface area contributed by atoms with E-state index in [1.807, 2.05) is 13.8 Å². The van der Waals surface area contributed by atoms with Crippen molar-refractivity contribution >= 4 is 5.91 Å². The van der Waals surface area contributed by atoms with Crippen LogP contribution in [0.5, 0.6) is 0 Å². The van der Waals surface area contributed by atoms with E-state index in [9.17, 15) is 4.79 Å². The normalized spacial score (nSPS) is 20.8. The maximum absolute atomic E-state index is 11.9. The quantitative estimate of drug-likeness (QED) is 0.649. The standard InChI is InChI=1S/C12H21N3O/c1-4-5-10(2)14-12(16)11(3)15-8-6-13-7-9-15/h1,10-11,13H,5-9H2,2-3H3,(H,14,16). The Morgan fingerprint density at radius 1 is 1.50 bits per heavy atom. The molecule has 1 heterocycles. The van der Waals surface area contributed by atoms with Crippen LogP contribution in [-0.4, -0.2) is 49.1 Å². The van der Waals surface area contributed by atoms with E-state index in [-0.39, 0.29) is 18.0 Å². The number of carbonyl (C=O) groups is 1. The van der Waals surface area contributed by atoms with Crippen molar-refractivity contribution in [1.29, 1.82) is 0 Å². The van der Waals surface area contributed by atoms with Gasteiger partial charge in [0.2, 0.25) is 5.91 Å². The van der Waals surface area contributed by atoms with E-state index >= 15 is 0 Å². The first-order chi connectivity index (χ1) is 7.65. The first kappa shape index (κ1) is 13.0. The van der Waals surface area contributed by atoms with Gasteiger partial charge < -0.3 is 10.6 Å². The summed E-state index contributed by atoms with van der Waals surface area (Å²) in [7, 11) is 0. The van der Waals surface area contributed by atoms with Crippen molar-refractivity contribution < 1.29 is 4.79 Å². The molecule has 0 spiro atoms. The average molecular weight is 223 g/mol. The number of piperazine rings is 1. The molecule has 1 aliphatic heterocycles. The Morgan fingerprint density at radius 3 is 2.69 bits per heavy atom. The summed E-state index contributed by atoms with van der Waals surface area (Å²) in [5, 5.41) is 6.20. The molecule has 1 saturated heterocycles. The van der Waals surface area contributed by atoms with E-state index in [1.165, 1.54) is 0 Å². The van der Waals surface area contributed by atoms with Crippen molar-refractivity contribution in [3.63, 3.8) is 0 Å². The van der Waals surface area contributed by atoms with Gasteiger partial charge in [0.25, 0.3) is 0 Å². The molecule has 90 valence electrons. The zero-order chi connectivity index (χ0) is 12.0. The van der Waals surface area contributed by atoms with Gasteiger partial charge in [-0.2, -0.15) is 0 Å². The number of terminal acetylenes is 1. The number of nitrogens with one attached hydrogen (secondary N) is 2. The molecule has 0 bridgehead atoms. The molecule has 2 atom stereocenters. The highest BCUT2D eigenvalue weighted by molar-refractivity contribution is 5.81. The van der Waals surface area contributed by atoms with Crippen LogP contribution >= 0.6 is 0 Å². The summed E-state index contributed by atoms with van der Waals surface area (Å²) in [5.74, 6) is 2.63.